The monoisotopic (exact) mass is 230 g/mol. The number of carbonyl (C=O) groups excluding carboxylic acids is 1. The Hall–Kier alpha value is -1.38. The van der Waals surface area contributed by atoms with Crippen molar-refractivity contribution in [3.63, 3.8) is 0 Å². The van der Waals surface area contributed by atoms with E-state index in [1.54, 1.807) is 6.20 Å². The van der Waals surface area contributed by atoms with E-state index in [4.69, 9.17) is 0 Å². The summed E-state index contributed by atoms with van der Waals surface area (Å²) in [4.78, 5) is 16.0. The first-order valence-electron chi connectivity index (χ1n) is 6.46. The molecule has 90 valence electrons. The van der Waals surface area contributed by atoms with E-state index in [1.165, 1.54) is 5.56 Å². The molecule has 3 heteroatoms. The lowest BCUT2D eigenvalue weighted by Gasteiger charge is -2.60. The molecule has 0 unspecified atom stereocenters. The number of nitrogens with one attached hydrogen (secondary N) is 1. The Labute approximate surface area is 102 Å². The number of aryl methyl sites for hydroxylation is 1. The summed E-state index contributed by atoms with van der Waals surface area (Å²) in [7, 11) is 0. The molecular formula is C14H18N2O. The van der Waals surface area contributed by atoms with Gasteiger partial charge in [-0.2, -0.15) is 0 Å². The Morgan fingerprint density at radius 3 is 2.88 bits per heavy atom. The van der Waals surface area contributed by atoms with E-state index in [0.29, 0.717) is 5.91 Å². The van der Waals surface area contributed by atoms with E-state index in [-0.39, 0.29) is 5.41 Å². The van der Waals surface area contributed by atoms with Crippen LogP contribution in [-0.2, 0) is 11.2 Å². The molecule has 1 heterocycles. The van der Waals surface area contributed by atoms with Gasteiger partial charge in [-0.3, -0.25) is 9.78 Å². The molecule has 0 radical (unpaired) electrons. The minimum atomic E-state index is 0.0684. The topological polar surface area (TPSA) is 42.0 Å². The predicted octanol–water partition coefficient (Wildman–Crippen LogP) is 1.93. The van der Waals surface area contributed by atoms with E-state index in [9.17, 15) is 4.79 Å². The Kier molecular flexibility index (Phi) is 2.61. The van der Waals surface area contributed by atoms with Crippen LogP contribution in [0.25, 0.3) is 0 Å². The molecule has 3 aliphatic carbocycles. The molecule has 1 N–H and O–H groups in total. The summed E-state index contributed by atoms with van der Waals surface area (Å²) in [5, 5.41) is 3.07. The van der Waals surface area contributed by atoms with Crippen LogP contribution >= 0.6 is 0 Å². The van der Waals surface area contributed by atoms with E-state index >= 15 is 0 Å². The molecule has 3 aliphatic rings. The third-order valence-corrected chi connectivity index (χ3v) is 4.17. The number of pyridine rings is 1. The quantitative estimate of drug-likeness (QED) is 0.785. The molecule has 4 rings (SSSR count). The molecule has 3 fully saturated rings. The van der Waals surface area contributed by atoms with Crippen molar-refractivity contribution >= 4 is 5.91 Å². The van der Waals surface area contributed by atoms with Crippen LogP contribution in [0.1, 0.15) is 31.2 Å². The van der Waals surface area contributed by atoms with Gasteiger partial charge in [0.25, 0.3) is 0 Å². The van der Waals surface area contributed by atoms with Crippen LogP contribution in [0, 0.1) is 11.3 Å². The fourth-order valence-corrected chi connectivity index (χ4v) is 2.98. The van der Waals surface area contributed by atoms with Gasteiger partial charge in [0.1, 0.15) is 0 Å². The smallest absolute Gasteiger partial charge is 0.226 e. The van der Waals surface area contributed by atoms with Gasteiger partial charge in [0.15, 0.2) is 0 Å². The van der Waals surface area contributed by atoms with Crippen molar-refractivity contribution in [1.82, 2.24) is 10.3 Å². The van der Waals surface area contributed by atoms with Crippen LogP contribution < -0.4 is 5.32 Å². The Morgan fingerprint density at radius 1 is 1.47 bits per heavy atom. The second kappa shape index (κ2) is 4.13. The molecule has 1 aromatic rings. The Bertz CT molecular complexity index is 398. The minimum absolute atomic E-state index is 0.0684. The second-order valence-electron chi connectivity index (χ2n) is 5.48. The summed E-state index contributed by atoms with van der Waals surface area (Å²) in [6.07, 6.45) is 9.09. The van der Waals surface area contributed by atoms with Gasteiger partial charge in [0, 0.05) is 24.4 Å². The zero-order valence-corrected chi connectivity index (χ0v) is 9.98. The predicted molar refractivity (Wildman–Crippen MR) is 65.3 cm³/mol. The Morgan fingerprint density at radius 2 is 2.29 bits per heavy atom. The lowest BCUT2D eigenvalue weighted by Crippen LogP contribution is -2.60. The van der Waals surface area contributed by atoms with Gasteiger partial charge >= 0.3 is 0 Å². The van der Waals surface area contributed by atoms with Gasteiger partial charge < -0.3 is 5.32 Å². The maximum atomic E-state index is 11.9. The number of hydrogen-bond donors (Lipinski definition) is 1. The van der Waals surface area contributed by atoms with Crippen LogP contribution in [0.3, 0.4) is 0 Å². The Balaban J connectivity index is 1.37. The average molecular weight is 230 g/mol. The van der Waals surface area contributed by atoms with Crippen molar-refractivity contribution in [2.75, 3.05) is 6.54 Å². The summed E-state index contributed by atoms with van der Waals surface area (Å²) >= 11 is 0. The van der Waals surface area contributed by atoms with Crippen molar-refractivity contribution in [1.29, 1.82) is 0 Å². The van der Waals surface area contributed by atoms with Crippen molar-refractivity contribution in [2.24, 2.45) is 11.3 Å². The summed E-state index contributed by atoms with van der Waals surface area (Å²) in [5.41, 5.74) is 1.31. The summed E-state index contributed by atoms with van der Waals surface area (Å²) in [6.45, 7) is 0.792. The maximum absolute atomic E-state index is 11.9. The molecule has 0 atom stereocenters. The van der Waals surface area contributed by atoms with Gasteiger partial charge in [0.05, 0.1) is 0 Å². The highest BCUT2D eigenvalue weighted by atomic mass is 16.2. The third-order valence-electron chi connectivity index (χ3n) is 4.17. The molecule has 3 saturated carbocycles. The normalized spacial score (nSPS) is 29.1. The highest BCUT2D eigenvalue weighted by Gasteiger charge is 2.61. The summed E-state index contributed by atoms with van der Waals surface area (Å²) in [5.74, 6) is 1.17. The molecule has 1 amide bonds. The van der Waals surface area contributed by atoms with E-state index in [0.717, 1.165) is 44.6 Å². The lowest BCUT2D eigenvalue weighted by atomic mass is 9.44. The molecule has 2 bridgehead atoms. The fourth-order valence-electron chi connectivity index (χ4n) is 2.98. The SMILES string of the molecule is O=C(NCCCc1cccnc1)C12CC(C1)C2. The molecule has 17 heavy (non-hydrogen) atoms. The van der Waals surface area contributed by atoms with Crippen LogP contribution in [0.5, 0.6) is 0 Å². The third kappa shape index (κ3) is 1.94. The number of hydrogen-bond acceptors (Lipinski definition) is 2. The average Bonchev–Trinajstić information content (AvgIpc) is 2.22. The number of aromatic nitrogens is 1. The van der Waals surface area contributed by atoms with Crippen molar-refractivity contribution in [3.05, 3.63) is 30.1 Å². The fraction of sp³-hybridized carbons (Fsp3) is 0.571. The first-order valence-corrected chi connectivity index (χ1v) is 6.46. The van der Waals surface area contributed by atoms with Crippen molar-refractivity contribution in [2.45, 2.75) is 32.1 Å². The largest absolute Gasteiger partial charge is 0.356 e. The minimum Gasteiger partial charge on any atom is -0.356 e. The van der Waals surface area contributed by atoms with Gasteiger partial charge in [-0.05, 0) is 49.7 Å². The van der Waals surface area contributed by atoms with Crippen LogP contribution in [0.2, 0.25) is 0 Å². The first-order chi connectivity index (χ1) is 8.28. The van der Waals surface area contributed by atoms with E-state index in [1.807, 2.05) is 12.3 Å². The molecule has 0 spiro atoms. The zero-order chi connectivity index (χ0) is 11.7. The maximum Gasteiger partial charge on any atom is 0.226 e. The van der Waals surface area contributed by atoms with Crippen molar-refractivity contribution in [3.8, 4) is 0 Å². The molecule has 0 aliphatic heterocycles. The van der Waals surface area contributed by atoms with Gasteiger partial charge in [-0.25, -0.2) is 0 Å². The van der Waals surface area contributed by atoms with Gasteiger partial charge in [-0.1, -0.05) is 6.07 Å². The lowest BCUT2D eigenvalue weighted by molar-refractivity contribution is -0.164. The number of nitrogens with zero attached hydrogens (tertiary/aromatic N) is 1. The second-order valence-corrected chi connectivity index (χ2v) is 5.48. The van der Waals surface area contributed by atoms with Gasteiger partial charge in [0.2, 0.25) is 5.91 Å². The van der Waals surface area contributed by atoms with Crippen molar-refractivity contribution < 1.29 is 4.79 Å². The standard InChI is InChI=1S/C14H18N2O/c17-13(14-7-12(8-14)9-14)16-6-2-4-11-3-1-5-15-10-11/h1,3,5,10,12H,2,4,6-9H2,(H,16,17). The summed E-state index contributed by atoms with van der Waals surface area (Å²) in [6, 6.07) is 4.03. The van der Waals surface area contributed by atoms with Gasteiger partial charge in [-0.15, -0.1) is 0 Å². The number of amides is 1. The van der Waals surface area contributed by atoms with Crippen LogP contribution in [0.4, 0.5) is 0 Å². The molecule has 0 aromatic carbocycles. The first kappa shape index (κ1) is 10.8. The molecule has 0 saturated heterocycles. The molecule has 1 aromatic heterocycles. The highest BCUT2D eigenvalue weighted by Crippen LogP contribution is 2.64. The number of rotatable bonds is 5. The van der Waals surface area contributed by atoms with E-state index < -0.39 is 0 Å². The highest BCUT2D eigenvalue weighted by molar-refractivity contribution is 5.85. The molecule has 3 nitrogen and oxygen atoms in total. The number of carbonyl (C=O) groups is 1. The van der Waals surface area contributed by atoms with Crippen LogP contribution in [0.15, 0.2) is 24.5 Å². The molecular weight excluding hydrogens is 212 g/mol. The summed E-state index contributed by atoms with van der Waals surface area (Å²) < 4.78 is 0. The van der Waals surface area contributed by atoms with Crippen LogP contribution in [-0.4, -0.2) is 17.4 Å². The van der Waals surface area contributed by atoms with E-state index in [2.05, 4.69) is 16.4 Å². The zero-order valence-electron chi connectivity index (χ0n) is 9.98.